The van der Waals surface area contributed by atoms with E-state index in [2.05, 4.69) is 15.2 Å². The SMILES string of the molecule is CCCSc1nnc(-c2ccccc2N2C(=O)c3ccccc3C2=O)c(=O)[nH]1. The number of amides is 2. The highest BCUT2D eigenvalue weighted by Gasteiger charge is 2.37. The quantitative estimate of drug-likeness (QED) is 0.529. The second-order valence-electron chi connectivity index (χ2n) is 6.16. The van der Waals surface area contributed by atoms with E-state index in [4.69, 9.17) is 0 Å². The largest absolute Gasteiger partial charge is 0.298 e. The third-order valence-electron chi connectivity index (χ3n) is 4.31. The van der Waals surface area contributed by atoms with Crippen molar-refractivity contribution in [3.63, 3.8) is 0 Å². The van der Waals surface area contributed by atoms with E-state index in [0.29, 0.717) is 27.5 Å². The number of imide groups is 1. The van der Waals surface area contributed by atoms with Gasteiger partial charge < -0.3 is 0 Å². The Balaban J connectivity index is 1.78. The highest BCUT2D eigenvalue weighted by atomic mass is 32.2. The van der Waals surface area contributed by atoms with Crippen LogP contribution >= 0.6 is 11.8 Å². The van der Waals surface area contributed by atoms with Crippen molar-refractivity contribution >= 4 is 29.3 Å². The Bertz CT molecular complexity index is 1110. The van der Waals surface area contributed by atoms with Gasteiger partial charge in [0.2, 0.25) is 0 Å². The lowest BCUT2D eigenvalue weighted by atomic mass is 10.1. The van der Waals surface area contributed by atoms with Gasteiger partial charge in [-0.1, -0.05) is 49.0 Å². The van der Waals surface area contributed by atoms with Gasteiger partial charge in [-0.05, 0) is 24.6 Å². The number of aromatic nitrogens is 3. The molecule has 2 amide bonds. The Morgan fingerprint density at radius 3 is 2.11 bits per heavy atom. The van der Waals surface area contributed by atoms with E-state index in [0.717, 1.165) is 17.1 Å². The first-order valence-electron chi connectivity index (χ1n) is 8.79. The molecule has 7 nitrogen and oxygen atoms in total. The van der Waals surface area contributed by atoms with Crippen molar-refractivity contribution in [1.82, 2.24) is 15.2 Å². The fraction of sp³-hybridized carbons (Fsp3) is 0.150. The normalized spacial score (nSPS) is 13.1. The standard InChI is InChI=1S/C20H16N4O3S/c1-2-11-28-20-21-17(25)16(22-23-20)14-9-5-6-10-15(14)24-18(26)12-7-3-4-8-13(12)19(24)27/h3-10H,2,11H2,1H3,(H,21,23,25). The number of nitrogens with one attached hydrogen (secondary N) is 1. The van der Waals surface area contributed by atoms with Crippen molar-refractivity contribution < 1.29 is 9.59 Å². The number of carbonyl (C=O) groups is 2. The molecule has 0 saturated heterocycles. The van der Waals surface area contributed by atoms with Crippen molar-refractivity contribution in [3.8, 4) is 11.3 Å². The van der Waals surface area contributed by atoms with Crippen LogP contribution in [0.2, 0.25) is 0 Å². The van der Waals surface area contributed by atoms with Gasteiger partial charge in [-0.3, -0.25) is 19.4 Å². The topological polar surface area (TPSA) is 96.0 Å². The highest BCUT2D eigenvalue weighted by Crippen LogP contribution is 2.34. The van der Waals surface area contributed by atoms with Gasteiger partial charge >= 0.3 is 0 Å². The number of nitrogens with zero attached hydrogens (tertiary/aromatic N) is 3. The van der Waals surface area contributed by atoms with Crippen molar-refractivity contribution in [2.24, 2.45) is 0 Å². The smallest absolute Gasteiger partial charge is 0.278 e. The molecule has 28 heavy (non-hydrogen) atoms. The summed E-state index contributed by atoms with van der Waals surface area (Å²) in [6, 6.07) is 13.3. The van der Waals surface area contributed by atoms with E-state index in [9.17, 15) is 14.4 Å². The van der Waals surface area contributed by atoms with E-state index in [1.165, 1.54) is 11.8 Å². The summed E-state index contributed by atoms with van der Waals surface area (Å²) in [4.78, 5) is 42.0. The number of aromatic amines is 1. The van der Waals surface area contributed by atoms with Gasteiger partial charge in [0, 0.05) is 11.3 Å². The number of rotatable bonds is 5. The van der Waals surface area contributed by atoms with E-state index < -0.39 is 17.4 Å². The average molecular weight is 392 g/mol. The molecule has 0 radical (unpaired) electrons. The summed E-state index contributed by atoms with van der Waals surface area (Å²) in [5, 5.41) is 8.58. The van der Waals surface area contributed by atoms with Crippen molar-refractivity contribution in [3.05, 3.63) is 70.0 Å². The third kappa shape index (κ3) is 3.01. The number of fused-ring (bicyclic) bond motifs is 1. The fourth-order valence-electron chi connectivity index (χ4n) is 3.04. The Hall–Kier alpha value is -3.26. The molecule has 0 saturated carbocycles. The maximum atomic E-state index is 12.8. The predicted molar refractivity (Wildman–Crippen MR) is 107 cm³/mol. The summed E-state index contributed by atoms with van der Waals surface area (Å²) >= 11 is 1.41. The van der Waals surface area contributed by atoms with Crippen LogP contribution in [0.5, 0.6) is 0 Å². The minimum absolute atomic E-state index is 0.0630. The van der Waals surface area contributed by atoms with Crippen LogP contribution in [0.15, 0.2) is 58.5 Å². The number of para-hydroxylation sites is 1. The first kappa shape index (κ1) is 18.1. The second-order valence-corrected chi connectivity index (χ2v) is 7.25. The molecule has 4 rings (SSSR count). The Labute approximate surface area is 164 Å². The Morgan fingerprint density at radius 1 is 0.893 bits per heavy atom. The molecule has 8 heteroatoms. The monoisotopic (exact) mass is 392 g/mol. The van der Waals surface area contributed by atoms with Crippen LogP contribution in [-0.4, -0.2) is 32.7 Å². The van der Waals surface area contributed by atoms with Gasteiger partial charge in [0.1, 0.15) is 0 Å². The van der Waals surface area contributed by atoms with Crippen LogP contribution in [0.3, 0.4) is 0 Å². The molecule has 1 N–H and O–H groups in total. The average Bonchev–Trinajstić information content (AvgIpc) is 2.97. The minimum atomic E-state index is -0.424. The van der Waals surface area contributed by atoms with E-state index in [-0.39, 0.29) is 5.69 Å². The molecule has 3 aromatic rings. The molecule has 0 bridgehead atoms. The maximum absolute atomic E-state index is 12.8. The van der Waals surface area contributed by atoms with Crippen molar-refractivity contribution in [1.29, 1.82) is 0 Å². The van der Waals surface area contributed by atoms with Gasteiger partial charge in [0.25, 0.3) is 17.4 Å². The maximum Gasteiger partial charge on any atom is 0.278 e. The number of benzene rings is 2. The zero-order chi connectivity index (χ0) is 19.7. The molecule has 0 unspecified atom stereocenters. The van der Waals surface area contributed by atoms with Crippen LogP contribution in [0.25, 0.3) is 11.3 Å². The Kier molecular flexibility index (Phi) is 4.79. The molecule has 1 aliphatic heterocycles. The van der Waals surface area contributed by atoms with E-state index in [1.54, 1.807) is 48.5 Å². The molecule has 0 aliphatic carbocycles. The number of H-pyrrole nitrogens is 1. The molecular formula is C20H16N4O3S. The number of hydrogen-bond donors (Lipinski definition) is 1. The molecule has 2 aromatic carbocycles. The van der Waals surface area contributed by atoms with Crippen molar-refractivity contribution in [2.45, 2.75) is 18.5 Å². The highest BCUT2D eigenvalue weighted by molar-refractivity contribution is 7.99. The zero-order valence-electron chi connectivity index (χ0n) is 15.0. The molecule has 1 aliphatic rings. The van der Waals surface area contributed by atoms with Gasteiger partial charge in [0.05, 0.1) is 16.8 Å². The predicted octanol–water partition coefficient (Wildman–Crippen LogP) is 3.13. The molecular weight excluding hydrogens is 376 g/mol. The summed E-state index contributed by atoms with van der Waals surface area (Å²) in [7, 11) is 0. The molecule has 140 valence electrons. The summed E-state index contributed by atoms with van der Waals surface area (Å²) in [6.45, 7) is 2.03. The molecule has 0 spiro atoms. The summed E-state index contributed by atoms with van der Waals surface area (Å²) in [5.74, 6) is -0.0320. The van der Waals surface area contributed by atoms with Crippen molar-refractivity contribution in [2.75, 3.05) is 10.7 Å². The van der Waals surface area contributed by atoms with Crippen LogP contribution in [0, 0.1) is 0 Å². The van der Waals surface area contributed by atoms with Crippen LogP contribution in [0.4, 0.5) is 5.69 Å². The Morgan fingerprint density at radius 2 is 1.50 bits per heavy atom. The lowest BCUT2D eigenvalue weighted by Crippen LogP contribution is -2.30. The second kappa shape index (κ2) is 7.40. The first-order valence-corrected chi connectivity index (χ1v) is 9.77. The van der Waals surface area contributed by atoms with Gasteiger partial charge in [0.15, 0.2) is 10.9 Å². The lowest BCUT2D eigenvalue weighted by Gasteiger charge is -2.17. The molecule has 1 aromatic heterocycles. The summed E-state index contributed by atoms with van der Waals surface area (Å²) in [5.41, 5.74) is 1.01. The third-order valence-corrected chi connectivity index (χ3v) is 5.38. The number of thioether (sulfide) groups is 1. The summed E-state index contributed by atoms with van der Waals surface area (Å²) in [6.07, 6.45) is 0.943. The summed E-state index contributed by atoms with van der Waals surface area (Å²) < 4.78 is 0. The number of hydrogen-bond acceptors (Lipinski definition) is 6. The minimum Gasteiger partial charge on any atom is -0.298 e. The molecule has 0 atom stereocenters. The molecule has 2 heterocycles. The number of carbonyl (C=O) groups excluding carboxylic acids is 2. The van der Waals surface area contributed by atoms with Gasteiger partial charge in [-0.2, -0.15) is 0 Å². The van der Waals surface area contributed by atoms with Gasteiger partial charge in [-0.25, -0.2) is 4.90 Å². The van der Waals surface area contributed by atoms with E-state index >= 15 is 0 Å². The zero-order valence-corrected chi connectivity index (χ0v) is 15.8. The van der Waals surface area contributed by atoms with Gasteiger partial charge in [-0.15, -0.1) is 10.2 Å². The molecule has 0 fully saturated rings. The van der Waals surface area contributed by atoms with Crippen LogP contribution < -0.4 is 10.5 Å². The number of anilines is 1. The fourth-order valence-corrected chi connectivity index (χ4v) is 3.70. The van der Waals surface area contributed by atoms with E-state index in [1.807, 2.05) is 6.92 Å². The van der Waals surface area contributed by atoms with Crippen LogP contribution in [0.1, 0.15) is 34.1 Å². The first-order chi connectivity index (χ1) is 13.6. The van der Waals surface area contributed by atoms with Crippen LogP contribution in [-0.2, 0) is 0 Å². The lowest BCUT2D eigenvalue weighted by molar-refractivity contribution is 0.0926.